The number of thioether (sulfide) groups is 1. The minimum absolute atomic E-state index is 0.0266. The van der Waals surface area contributed by atoms with Crippen LogP contribution in [0, 0.1) is 0 Å². The van der Waals surface area contributed by atoms with Gasteiger partial charge in [-0.05, 0) is 74.3 Å². The van der Waals surface area contributed by atoms with Gasteiger partial charge in [-0.25, -0.2) is 0 Å². The molecule has 498 valence electrons. The van der Waals surface area contributed by atoms with Crippen molar-refractivity contribution >= 4 is 100 Å². The zero-order chi connectivity index (χ0) is 67.5. The Bertz CT molecular complexity index is 2960. The second kappa shape index (κ2) is 36.9. The number of nitrogens with zero attached hydrogens (tertiary/aromatic N) is 1. The third kappa shape index (κ3) is 24.4. The van der Waals surface area contributed by atoms with Gasteiger partial charge in [0.05, 0.1) is 38.8 Å². The first-order valence-electron chi connectivity index (χ1n) is 28.7. The van der Waals surface area contributed by atoms with Gasteiger partial charge in [0.15, 0.2) is 0 Å². The molecule has 20 N–H and O–H groups in total. The average molecular weight is 1300 g/mol. The van der Waals surface area contributed by atoms with Gasteiger partial charge in [0.25, 0.3) is 0 Å². The summed E-state index contributed by atoms with van der Waals surface area (Å²) in [5, 5.41) is 76.2. The molecule has 2 saturated heterocycles. The molecule has 2 aliphatic rings. The summed E-state index contributed by atoms with van der Waals surface area (Å²) in [7, 11) is 0. The van der Waals surface area contributed by atoms with E-state index in [2.05, 4.69) is 58.5 Å². The minimum atomic E-state index is -1.91. The lowest BCUT2D eigenvalue weighted by molar-refractivity contribution is -0.141. The normalized spacial score (nSPS) is 25.0. The summed E-state index contributed by atoms with van der Waals surface area (Å²) in [6.07, 6.45) is -4.14. The zero-order valence-electron chi connectivity index (χ0n) is 49.7. The number of benzene rings is 2. The molecule has 4 rings (SSSR count). The van der Waals surface area contributed by atoms with Crippen molar-refractivity contribution in [2.75, 3.05) is 44.9 Å². The molecule has 35 heteroatoms. The van der Waals surface area contributed by atoms with E-state index in [1.807, 2.05) is 0 Å². The maximum Gasteiger partial charge on any atom is 0.303 e. The van der Waals surface area contributed by atoms with Gasteiger partial charge in [-0.3, -0.25) is 71.9 Å². The largest absolute Gasteiger partial charge is 0.508 e. The highest BCUT2D eigenvalue weighted by molar-refractivity contribution is 7.98. The van der Waals surface area contributed by atoms with E-state index in [0.29, 0.717) is 11.1 Å². The number of hydrogen-bond donors (Lipinski definition) is 18. The van der Waals surface area contributed by atoms with Crippen molar-refractivity contribution in [2.45, 2.75) is 138 Å². The van der Waals surface area contributed by atoms with Gasteiger partial charge in [0, 0.05) is 32.2 Å². The third-order valence-electron chi connectivity index (χ3n) is 14.2. The Hall–Kier alpha value is -9.48. The molecular weight excluding hydrogens is 1220 g/mol. The number of phenols is 1. The molecule has 0 radical (unpaired) electrons. The minimum Gasteiger partial charge on any atom is -0.508 e. The number of nitrogens with one attached hydrogen (secondary N) is 11. The number of carboxylic acid groups (broad SMARTS) is 1. The van der Waals surface area contributed by atoms with E-state index in [1.165, 1.54) is 36.0 Å². The molecule has 0 unspecified atom stereocenters. The standard InChI is InChI=1S/C56H78N14O20S/c1-28(73)46-56(90)59-24-43(77)61-39(27-72)54(88)66-36(22-30-10-12-31(74)13-11-30)52(86)68-38(26-71)47(81)60-25-44(78)70-19-6-9-40(70)55(89)67-37(23-42(58)76)53(87)63-33(15-17-45(79)80)48(82)65-35(21-29-7-4-3-5-8-29)51(85)64-34(18-20-91-2)49(83)62-32(50(84)69-46)14-16-41(57)75/h3-5,7-8,10-13,28,32-40,46,71-74H,6,9,14-27H2,1-2H3,(H2,57,75)(H2,58,76)(H,59,90)(H,60,81)(H,61,77)(H,62,83)(H,63,87)(H,64,85)(H,65,82)(H,66,88)(H,67,89)(H,68,86)(H,69,84)(H,79,80)/t28-,32-,33-,34+,35+,36+,37+,38+,39+,40+,46+/m1/s1. The number of rotatable bonds is 18. The highest BCUT2D eigenvalue weighted by Crippen LogP contribution is 2.19. The van der Waals surface area contributed by atoms with E-state index in [9.17, 15) is 97.5 Å². The molecule has 0 bridgehead atoms. The van der Waals surface area contributed by atoms with Crippen molar-refractivity contribution < 1.29 is 97.5 Å². The molecule has 0 aromatic heterocycles. The molecule has 14 amide bonds. The topological polar surface area (TPSA) is 545 Å². The van der Waals surface area contributed by atoms with E-state index < -0.39 is 214 Å². The summed E-state index contributed by atoms with van der Waals surface area (Å²) in [5.74, 6) is -17.0. The molecule has 0 saturated carbocycles. The maximum atomic E-state index is 14.5. The molecule has 0 aliphatic carbocycles. The first-order valence-corrected chi connectivity index (χ1v) is 30.1. The van der Waals surface area contributed by atoms with Crippen LogP contribution < -0.4 is 70.0 Å². The fourth-order valence-electron chi connectivity index (χ4n) is 9.34. The van der Waals surface area contributed by atoms with Crippen LogP contribution in [-0.2, 0) is 84.8 Å². The van der Waals surface area contributed by atoms with Crippen LogP contribution in [-0.4, -0.2) is 230 Å². The number of carboxylic acids is 1. The number of primary amides is 2. The number of aliphatic hydroxyl groups is 3. The van der Waals surface area contributed by atoms with Gasteiger partial charge >= 0.3 is 5.97 Å². The van der Waals surface area contributed by atoms with Gasteiger partial charge in [-0.1, -0.05) is 42.5 Å². The number of fused-ring (bicyclic) bond motifs is 1. The van der Waals surface area contributed by atoms with Crippen molar-refractivity contribution in [1.82, 2.24) is 63.4 Å². The van der Waals surface area contributed by atoms with Crippen molar-refractivity contribution in [1.29, 1.82) is 0 Å². The van der Waals surface area contributed by atoms with Crippen LogP contribution in [0.5, 0.6) is 5.75 Å². The lowest BCUT2D eigenvalue weighted by Crippen LogP contribution is -2.61. The summed E-state index contributed by atoms with van der Waals surface area (Å²) in [6, 6.07) is -4.01. The maximum absolute atomic E-state index is 14.5. The van der Waals surface area contributed by atoms with E-state index >= 15 is 0 Å². The summed E-state index contributed by atoms with van der Waals surface area (Å²) in [5.41, 5.74) is 11.6. The molecule has 2 aromatic rings. The summed E-state index contributed by atoms with van der Waals surface area (Å²) < 4.78 is 0. The van der Waals surface area contributed by atoms with Crippen molar-refractivity contribution in [3.63, 3.8) is 0 Å². The highest BCUT2D eigenvalue weighted by Gasteiger charge is 2.39. The molecule has 2 heterocycles. The van der Waals surface area contributed by atoms with E-state index in [4.69, 9.17) is 11.5 Å². The number of amides is 14. The molecule has 34 nitrogen and oxygen atoms in total. The van der Waals surface area contributed by atoms with Crippen molar-refractivity contribution in [3.8, 4) is 5.75 Å². The number of aromatic hydroxyl groups is 1. The van der Waals surface area contributed by atoms with E-state index in [0.717, 1.165) is 11.8 Å². The quantitative estimate of drug-likeness (QED) is 0.0659. The van der Waals surface area contributed by atoms with Crippen LogP contribution in [0.3, 0.4) is 0 Å². The van der Waals surface area contributed by atoms with Crippen molar-refractivity contribution in [3.05, 3.63) is 65.7 Å². The SMILES string of the molecule is CSCC[C@@H]1NC(=O)[C@H](Cc2ccccc2)NC(=O)[C@@H](CCC(=O)O)NC(=O)[C@H](CC(N)=O)NC(=O)[C@@H]2CCCN2C(=O)CNC(=O)[C@H](CO)NC(=O)[C@H](Cc2ccc(O)cc2)NC(=O)[C@H](CO)NC(=O)CNC(=O)[C@H]([C@@H](C)O)NC(=O)[C@@H](CCC(N)=O)NC1=O. The Kier molecular flexibility index (Phi) is 30.0. The average Bonchev–Trinajstić information content (AvgIpc) is 3.71. The number of phenolic OH excluding ortho intramolecular Hbond substituents is 1. The van der Waals surface area contributed by atoms with Crippen LogP contribution in [0.25, 0.3) is 0 Å². The van der Waals surface area contributed by atoms with Crippen molar-refractivity contribution in [2.24, 2.45) is 11.5 Å². The summed E-state index contributed by atoms with van der Waals surface area (Å²) in [6.45, 7) is -3.07. The van der Waals surface area contributed by atoms with E-state index in [1.54, 1.807) is 36.6 Å². The Morgan fingerprint density at radius 2 is 1.01 bits per heavy atom. The molecule has 11 atom stereocenters. The summed E-state index contributed by atoms with van der Waals surface area (Å²) in [4.78, 5) is 204. The first kappa shape index (κ1) is 74.0. The Morgan fingerprint density at radius 3 is 1.54 bits per heavy atom. The van der Waals surface area contributed by atoms with Gasteiger partial charge < -0.3 is 100 Å². The van der Waals surface area contributed by atoms with Gasteiger partial charge in [-0.15, -0.1) is 0 Å². The Balaban J connectivity index is 1.77. The lowest BCUT2D eigenvalue weighted by atomic mass is 10.0. The zero-order valence-corrected chi connectivity index (χ0v) is 50.5. The predicted octanol–water partition coefficient (Wildman–Crippen LogP) is -8.10. The van der Waals surface area contributed by atoms with Crippen LogP contribution in [0.15, 0.2) is 54.6 Å². The predicted molar refractivity (Wildman–Crippen MR) is 318 cm³/mol. The number of hydrogen-bond acceptors (Lipinski definition) is 20. The summed E-state index contributed by atoms with van der Waals surface area (Å²) >= 11 is 1.23. The molecule has 2 aromatic carbocycles. The van der Waals surface area contributed by atoms with Crippen LogP contribution in [0.4, 0.5) is 0 Å². The molecule has 2 aliphatic heterocycles. The second-order valence-corrected chi connectivity index (χ2v) is 22.3. The number of carbonyl (C=O) groups is 15. The van der Waals surface area contributed by atoms with Crippen LogP contribution >= 0.6 is 11.8 Å². The Labute approximate surface area is 525 Å². The second-order valence-electron chi connectivity index (χ2n) is 21.3. The van der Waals surface area contributed by atoms with Gasteiger partial charge in [-0.2, -0.15) is 11.8 Å². The number of carbonyl (C=O) groups excluding carboxylic acids is 14. The first-order chi connectivity index (χ1) is 43.1. The van der Waals surface area contributed by atoms with Crippen LogP contribution in [0.2, 0.25) is 0 Å². The highest BCUT2D eigenvalue weighted by atomic mass is 32.2. The molecule has 91 heavy (non-hydrogen) atoms. The van der Waals surface area contributed by atoms with E-state index in [-0.39, 0.29) is 50.2 Å². The Morgan fingerprint density at radius 1 is 0.549 bits per heavy atom. The monoisotopic (exact) mass is 1300 g/mol. The number of nitrogens with two attached hydrogens (primary N) is 2. The fraction of sp³-hybridized carbons (Fsp3) is 0.518. The van der Waals surface area contributed by atoms with Crippen LogP contribution in [0.1, 0.15) is 69.4 Å². The fourth-order valence-corrected chi connectivity index (χ4v) is 9.81. The third-order valence-corrected chi connectivity index (χ3v) is 14.9. The van der Waals surface area contributed by atoms with Gasteiger partial charge in [0.1, 0.15) is 66.2 Å². The molecule has 0 spiro atoms. The number of aliphatic carboxylic acids is 1. The molecular formula is C56H78N14O20S. The van der Waals surface area contributed by atoms with Gasteiger partial charge in [0.2, 0.25) is 82.7 Å². The smallest absolute Gasteiger partial charge is 0.303 e. The lowest BCUT2D eigenvalue weighted by Gasteiger charge is -2.28. The molecule has 2 fully saturated rings. The number of aliphatic hydroxyl groups excluding tert-OH is 3.